The summed E-state index contributed by atoms with van der Waals surface area (Å²) in [4.78, 5) is 18.5. The number of furan rings is 1. The fourth-order valence-electron chi connectivity index (χ4n) is 3.23. The minimum atomic E-state index is -0.393. The lowest BCUT2D eigenvalue weighted by atomic mass is 10.1. The number of aromatic nitrogens is 1. The average Bonchev–Trinajstić information content (AvgIpc) is 3.47. The van der Waals surface area contributed by atoms with Gasteiger partial charge in [0.2, 0.25) is 5.89 Å². The van der Waals surface area contributed by atoms with E-state index in [-0.39, 0.29) is 37.0 Å². The van der Waals surface area contributed by atoms with Crippen LogP contribution in [0.25, 0.3) is 0 Å². The molecule has 2 heterocycles. The predicted molar refractivity (Wildman–Crippen MR) is 112 cm³/mol. The molecule has 1 amide bonds. The lowest BCUT2D eigenvalue weighted by Crippen LogP contribution is -2.24. The maximum atomic E-state index is 14.2. The molecule has 0 saturated carbocycles. The van der Waals surface area contributed by atoms with Crippen LogP contribution in [0, 0.1) is 11.6 Å². The Bertz CT molecular complexity index is 1160. The van der Waals surface area contributed by atoms with E-state index >= 15 is 0 Å². The number of nitrogens with one attached hydrogen (secondary N) is 1. The number of rotatable bonds is 9. The highest BCUT2D eigenvalue weighted by molar-refractivity contribution is 5.91. The van der Waals surface area contributed by atoms with Gasteiger partial charge in [-0.1, -0.05) is 30.3 Å². The zero-order chi connectivity index (χ0) is 22.3. The molecule has 0 bridgehead atoms. The highest BCUT2D eigenvalue weighted by Gasteiger charge is 2.17. The van der Waals surface area contributed by atoms with Crippen LogP contribution in [0.2, 0.25) is 0 Å². The molecule has 0 aliphatic heterocycles. The van der Waals surface area contributed by atoms with Crippen molar-refractivity contribution in [3.63, 3.8) is 0 Å². The van der Waals surface area contributed by atoms with E-state index in [9.17, 15) is 13.6 Å². The molecule has 1 N–H and O–H groups in total. The van der Waals surface area contributed by atoms with E-state index in [2.05, 4.69) is 10.3 Å². The number of amides is 1. The molecule has 164 valence electrons. The maximum absolute atomic E-state index is 14.2. The van der Waals surface area contributed by atoms with Gasteiger partial charge in [-0.15, -0.1) is 0 Å². The highest BCUT2D eigenvalue weighted by Crippen LogP contribution is 2.17. The minimum Gasteiger partial charge on any atom is -0.467 e. The van der Waals surface area contributed by atoms with E-state index in [1.54, 1.807) is 42.5 Å². The van der Waals surface area contributed by atoms with E-state index in [1.807, 2.05) is 4.90 Å². The van der Waals surface area contributed by atoms with E-state index in [4.69, 9.17) is 8.83 Å². The molecular formula is C24H21F2N3O3. The number of carbonyl (C=O) groups is 1. The van der Waals surface area contributed by atoms with Gasteiger partial charge in [-0.05, 0) is 35.9 Å². The van der Waals surface area contributed by atoms with Crippen molar-refractivity contribution in [2.75, 3.05) is 0 Å². The Hall–Kier alpha value is -3.78. The van der Waals surface area contributed by atoms with Crippen LogP contribution in [0.5, 0.6) is 0 Å². The zero-order valence-electron chi connectivity index (χ0n) is 17.1. The van der Waals surface area contributed by atoms with Crippen LogP contribution in [0.4, 0.5) is 8.78 Å². The van der Waals surface area contributed by atoms with Crippen molar-refractivity contribution in [3.05, 3.63) is 113 Å². The predicted octanol–water partition coefficient (Wildman–Crippen LogP) is 4.68. The Labute approximate surface area is 183 Å². The number of benzene rings is 2. The van der Waals surface area contributed by atoms with Crippen LogP contribution in [0.3, 0.4) is 0 Å². The molecule has 0 saturated heterocycles. The number of hydrogen-bond acceptors (Lipinski definition) is 5. The summed E-state index contributed by atoms with van der Waals surface area (Å²) < 4.78 is 38.2. The summed E-state index contributed by atoms with van der Waals surface area (Å²) in [5.74, 6) is -0.103. The maximum Gasteiger partial charge on any atom is 0.273 e. The van der Waals surface area contributed by atoms with Crippen molar-refractivity contribution in [1.82, 2.24) is 15.2 Å². The second kappa shape index (κ2) is 10.0. The second-order valence-electron chi connectivity index (χ2n) is 7.25. The molecule has 0 atom stereocenters. The number of nitrogens with zero attached hydrogens (tertiary/aromatic N) is 2. The van der Waals surface area contributed by atoms with Gasteiger partial charge in [0.15, 0.2) is 5.69 Å². The van der Waals surface area contributed by atoms with Crippen molar-refractivity contribution in [1.29, 1.82) is 0 Å². The summed E-state index contributed by atoms with van der Waals surface area (Å²) in [5.41, 5.74) is 1.50. The Balaban J connectivity index is 1.45. The fraction of sp³-hybridized carbons (Fsp3) is 0.167. The van der Waals surface area contributed by atoms with Gasteiger partial charge in [-0.25, -0.2) is 13.8 Å². The number of halogens is 2. The van der Waals surface area contributed by atoms with Crippen LogP contribution in [-0.2, 0) is 26.2 Å². The van der Waals surface area contributed by atoms with Crippen molar-refractivity contribution >= 4 is 5.91 Å². The first-order chi connectivity index (χ1) is 15.6. The number of carbonyl (C=O) groups excluding carboxylic acids is 1. The normalized spacial score (nSPS) is 11.1. The molecule has 0 radical (unpaired) electrons. The number of oxazole rings is 1. The Morgan fingerprint density at radius 2 is 1.75 bits per heavy atom. The van der Waals surface area contributed by atoms with Gasteiger partial charge < -0.3 is 14.2 Å². The molecule has 0 unspecified atom stereocenters. The summed E-state index contributed by atoms with van der Waals surface area (Å²) in [6.07, 6.45) is 2.81. The van der Waals surface area contributed by atoms with E-state index in [0.717, 1.165) is 5.56 Å². The van der Waals surface area contributed by atoms with Gasteiger partial charge in [0.1, 0.15) is 23.7 Å². The molecule has 6 nitrogen and oxygen atoms in total. The summed E-state index contributed by atoms with van der Waals surface area (Å²) >= 11 is 0. The molecule has 2 aromatic heterocycles. The summed E-state index contributed by atoms with van der Waals surface area (Å²) in [5, 5.41) is 2.71. The second-order valence-corrected chi connectivity index (χ2v) is 7.25. The lowest BCUT2D eigenvalue weighted by molar-refractivity contribution is 0.0943. The van der Waals surface area contributed by atoms with Gasteiger partial charge in [0.05, 0.1) is 19.4 Å². The van der Waals surface area contributed by atoms with E-state index in [0.29, 0.717) is 23.8 Å². The molecule has 8 heteroatoms. The van der Waals surface area contributed by atoms with Crippen molar-refractivity contribution in [3.8, 4) is 0 Å². The van der Waals surface area contributed by atoms with Crippen molar-refractivity contribution in [2.45, 2.75) is 26.2 Å². The fourth-order valence-corrected chi connectivity index (χ4v) is 3.23. The first-order valence-corrected chi connectivity index (χ1v) is 10.0. The van der Waals surface area contributed by atoms with Crippen LogP contribution in [0.15, 0.2) is 82.0 Å². The Morgan fingerprint density at radius 1 is 0.938 bits per heavy atom. The zero-order valence-corrected chi connectivity index (χ0v) is 17.1. The van der Waals surface area contributed by atoms with Gasteiger partial charge in [0, 0.05) is 18.7 Å². The molecule has 4 aromatic rings. The van der Waals surface area contributed by atoms with Gasteiger partial charge in [-0.3, -0.25) is 9.69 Å². The average molecular weight is 437 g/mol. The topological polar surface area (TPSA) is 71.5 Å². The SMILES string of the molecule is O=C(NCc1ccco1)c1coc(CN(Cc2ccc(F)cc2)Cc2ccccc2F)n1. The molecule has 0 fully saturated rings. The quantitative estimate of drug-likeness (QED) is 0.412. The molecule has 4 rings (SSSR count). The Morgan fingerprint density at radius 3 is 2.50 bits per heavy atom. The standard InChI is InChI=1S/C24H21F2N3O3/c25-19-9-7-17(8-10-19)13-29(14-18-4-1-2-6-21(18)26)15-23-28-22(16-32-23)24(30)27-12-20-5-3-11-31-20/h1-11,16H,12-15H2,(H,27,30). The molecule has 0 spiro atoms. The summed E-state index contributed by atoms with van der Waals surface area (Å²) in [7, 11) is 0. The third-order valence-electron chi connectivity index (χ3n) is 4.82. The minimum absolute atomic E-state index is 0.138. The van der Waals surface area contributed by atoms with Crippen LogP contribution >= 0.6 is 0 Å². The largest absolute Gasteiger partial charge is 0.467 e. The summed E-state index contributed by atoms with van der Waals surface area (Å²) in [6.45, 7) is 1.17. The smallest absolute Gasteiger partial charge is 0.273 e. The highest BCUT2D eigenvalue weighted by atomic mass is 19.1. The van der Waals surface area contributed by atoms with E-state index < -0.39 is 5.91 Å². The van der Waals surface area contributed by atoms with Crippen LogP contribution < -0.4 is 5.32 Å². The number of hydrogen-bond donors (Lipinski definition) is 1. The van der Waals surface area contributed by atoms with Crippen LogP contribution in [0.1, 0.15) is 33.3 Å². The molecule has 0 aliphatic rings. The van der Waals surface area contributed by atoms with Crippen LogP contribution in [-0.4, -0.2) is 15.8 Å². The van der Waals surface area contributed by atoms with Crippen molar-refractivity contribution < 1.29 is 22.4 Å². The Kier molecular flexibility index (Phi) is 6.72. The van der Waals surface area contributed by atoms with Crippen molar-refractivity contribution in [2.24, 2.45) is 0 Å². The van der Waals surface area contributed by atoms with Gasteiger partial charge in [0.25, 0.3) is 5.91 Å². The van der Waals surface area contributed by atoms with Gasteiger partial charge >= 0.3 is 0 Å². The van der Waals surface area contributed by atoms with E-state index in [1.165, 1.54) is 30.7 Å². The first-order valence-electron chi connectivity index (χ1n) is 10.0. The molecular weight excluding hydrogens is 416 g/mol. The summed E-state index contributed by atoms with van der Waals surface area (Å²) in [6, 6.07) is 16.1. The monoisotopic (exact) mass is 437 g/mol. The third-order valence-corrected chi connectivity index (χ3v) is 4.82. The third kappa shape index (κ3) is 5.67. The molecule has 2 aromatic carbocycles. The first kappa shape index (κ1) is 21.5. The van der Waals surface area contributed by atoms with Gasteiger partial charge in [-0.2, -0.15) is 0 Å². The lowest BCUT2D eigenvalue weighted by Gasteiger charge is -2.21. The molecule has 0 aliphatic carbocycles. The molecule has 32 heavy (non-hydrogen) atoms.